The maximum atomic E-state index is 12.2. The van der Waals surface area contributed by atoms with Crippen LogP contribution in [0.1, 0.15) is 118 Å². The number of amides is 6. The molecule has 0 radical (unpaired) electrons. The number of nitrogens with zero attached hydrogens (tertiary/aromatic N) is 2. The number of rotatable bonds is 9. The van der Waals surface area contributed by atoms with Crippen molar-refractivity contribution in [1.82, 2.24) is 9.80 Å². The highest BCUT2D eigenvalue weighted by molar-refractivity contribution is 5.98. The smallest absolute Gasteiger partial charge is 0.253 e. The fourth-order valence-electron chi connectivity index (χ4n) is 5.11. The predicted molar refractivity (Wildman–Crippen MR) is 176 cm³/mol. The zero-order valence-electron chi connectivity index (χ0n) is 26.6. The van der Waals surface area contributed by atoms with Gasteiger partial charge in [0.15, 0.2) is 0 Å². The Kier molecular flexibility index (Phi) is 16.5. The predicted octanol–water partition coefficient (Wildman–Crippen LogP) is 3.12. The van der Waals surface area contributed by atoms with E-state index in [2.05, 4.69) is 0 Å². The third-order valence-electron chi connectivity index (χ3n) is 7.76. The molecule has 2 fully saturated rings. The van der Waals surface area contributed by atoms with Gasteiger partial charge in [-0.1, -0.05) is 31.7 Å². The molecule has 2 aromatic carbocycles. The lowest BCUT2D eigenvalue weighted by atomic mass is 10.1. The van der Waals surface area contributed by atoms with Crippen molar-refractivity contribution in [3.63, 3.8) is 0 Å². The summed E-state index contributed by atoms with van der Waals surface area (Å²) in [5, 5.41) is 0. The van der Waals surface area contributed by atoms with Gasteiger partial charge in [0.05, 0.1) is 0 Å². The van der Waals surface area contributed by atoms with Crippen LogP contribution in [-0.2, 0) is 9.59 Å². The van der Waals surface area contributed by atoms with Crippen molar-refractivity contribution in [3.05, 3.63) is 70.8 Å². The zero-order chi connectivity index (χ0) is 33.9. The quantitative estimate of drug-likeness (QED) is 0.303. The lowest BCUT2D eigenvalue weighted by Crippen LogP contribution is -2.31. The van der Waals surface area contributed by atoms with Crippen molar-refractivity contribution in [2.24, 2.45) is 22.9 Å². The van der Waals surface area contributed by atoms with E-state index in [9.17, 15) is 28.8 Å². The van der Waals surface area contributed by atoms with Crippen LogP contribution in [0.4, 0.5) is 0 Å². The number of primary amides is 4. The molecular weight excluding hydrogens is 588 g/mol. The molecule has 46 heavy (non-hydrogen) atoms. The molecule has 0 saturated carbocycles. The zero-order valence-corrected chi connectivity index (χ0v) is 26.6. The molecule has 0 unspecified atom stereocenters. The summed E-state index contributed by atoms with van der Waals surface area (Å²) in [6.07, 6.45) is 11.8. The summed E-state index contributed by atoms with van der Waals surface area (Å²) in [7, 11) is 0. The molecule has 250 valence electrons. The molecule has 2 aliphatic heterocycles. The van der Waals surface area contributed by atoms with Gasteiger partial charge in [-0.2, -0.15) is 0 Å². The van der Waals surface area contributed by atoms with Crippen LogP contribution < -0.4 is 22.9 Å². The van der Waals surface area contributed by atoms with E-state index in [4.69, 9.17) is 22.9 Å². The first-order valence-electron chi connectivity index (χ1n) is 15.9. The summed E-state index contributed by atoms with van der Waals surface area (Å²) in [5.74, 6) is -1.60. The summed E-state index contributed by atoms with van der Waals surface area (Å²) >= 11 is 0. The van der Waals surface area contributed by atoms with Crippen LogP contribution in [0.15, 0.2) is 48.5 Å². The van der Waals surface area contributed by atoms with E-state index in [1.165, 1.54) is 43.9 Å². The molecular formula is C34H48N6O6. The second kappa shape index (κ2) is 20.3. The van der Waals surface area contributed by atoms with Gasteiger partial charge >= 0.3 is 0 Å². The van der Waals surface area contributed by atoms with Gasteiger partial charge in [-0.05, 0) is 81.0 Å². The maximum Gasteiger partial charge on any atom is 0.253 e. The molecule has 0 atom stereocenters. The lowest BCUT2D eigenvalue weighted by Gasteiger charge is -2.20. The third-order valence-corrected chi connectivity index (χ3v) is 7.76. The highest BCUT2D eigenvalue weighted by atomic mass is 16.2. The number of benzene rings is 2. The SMILES string of the molecule is NC(=O)CCCCC(=O)N1CCCCCC1.NC(=O)c1ccc(C(=O)N2CCCCCC2)cc1.NC(=O)c1cccc(C(N)=O)c1. The van der Waals surface area contributed by atoms with Gasteiger partial charge in [-0.25, -0.2) is 0 Å². The monoisotopic (exact) mass is 636 g/mol. The summed E-state index contributed by atoms with van der Waals surface area (Å²) in [4.78, 5) is 70.7. The Morgan fingerprint density at radius 2 is 0.913 bits per heavy atom. The fraction of sp³-hybridized carbons (Fsp3) is 0.471. The average Bonchev–Trinajstić information content (AvgIpc) is 3.50. The van der Waals surface area contributed by atoms with E-state index in [-0.39, 0.29) is 28.8 Å². The normalized spacial score (nSPS) is 14.6. The molecule has 0 spiro atoms. The van der Waals surface area contributed by atoms with Gasteiger partial charge in [0, 0.05) is 61.3 Å². The Morgan fingerprint density at radius 3 is 1.35 bits per heavy atom. The Hall–Kier alpha value is -4.74. The minimum Gasteiger partial charge on any atom is -0.370 e. The first kappa shape index (κ1) is 37.4. The van der Waals surface area contributed by atoms with Crippen LogP contribution in [-0.4, -0.2) is 71.4 Å². The highest BCUT2D eigenvalue weighted by Gasteiger charge is 2.17. The van der Waals surface area contributed by atoms with Crippen LogP contribution in [0.25, 0.3) is 0 Å². The summed E-state index contributed by atoms with van der Waals surface area (Å²) in [6, 6.07) is 12.5. The van der Waals surface area contributed by atoms with Crippen molar-refractivity contribution in [2.75, 3.05) is 26.2 Å². The van der Waals surface area contributed by atoms with E-state index in [1.807, 2.05) is 9.80 Å². The van der Waals surface area contributed by atoms with Crippen molar-refractivity contribution in [2.45, 2.75) is 77.0 Å². The van der Waals surface area contributed by atoms with Crippen molar-refractivity contribution < 1.29 is 28.8 Å². The second-order valence-electron chi connectivity index (χ2n) is 11.4. The molecule has 6 amide bonds. The summed E-state index contributed by atoms with van der Waals surface area (Å²) in [5.41, 5.74) is 21.8. The number of hydrogen-bond donors (Lipinski definition) is 4. The summed E-state index contributed by atoms with van der Waals surface area (Å²) < 4.78 is 0. The average molecular weight is 637 g/mol. The van der Waals surface area contributed by atoms with E-state index in [0.717, 1.165) is 64.7 Å². The van der Waals surface area contributed by atoms with Crippen LogP contribution in [0, 0.1) is 0 Å². The molecule has 4 rings (SSSR count). The first-order valence-corrected chi connectivity index (χ1v) is 15.9. The van der Waals surface area contributed by atoms with Crippen molar-refractivity contribution in [1.29, 1.82) is 0 Å². The molecule has 2 heterocycles. The number of hydrogen-bond acceptors (Lipinski definition) is 6. The molecule has 0 aromatic heterocycles. The van der Waals surface area contributed by atoms with Gasteiger partial charge < -0.3 is 32.7 Å². The van der Waals surface area contributed by atoms with E-state index in [0.29, 0.717) is 24.0 Å². The number of likely N-dealkylation sites (tertiary alicyclic amines) is 2. The van der Waals surface area contributed by atoms with Gasteiger partial charge in [0.25, 0.3) is 5.91 Å². The van der Waals surface area contributed by atoms with Crippen LogP contribution in [0.5, 0.6) is 0 Å². The van der Waals surface area contributed by atoms with Gasteiger partial charge in [-0.3, -0.25) is 28.8 Å². The molecule has 0 aliphatic carbocycles. The van der Waals surface area contributed by atoms with Gasteiger partial charge in [0.2, 0.25) is 29.5 Å². The first-order chi connectivity index (χ1) is 22.0. The topological polar surface area (TPSA) is 213 Å². The Bertz CT molecular complexity index is 1280. The molecule has 2 aliphatic rings. The van der Waals surface area contributed by atoms with Crippen LogP contribution in [0.3, 0.4) is 0 Å². The van der Waals surface area contributed by atoms with Gasteiger partial charge in [-0.15, -0.1) is 0 Å². The standard InChI is InChI=1S/C14H18N2O2.C12H22N2O2.C8H8N2O2/c15-13(17)11-5-7-12(8-6-11)14(18)16-9-3-1-2-4-10-16;13-11(15)7-3-4-8-12(16)14-9-5-1-2-6-10-14;9-7(11)5-2-1-3-6(4-5)8(10)12/h5-8H,1-4,9-10H2,(H2,15,17);1-10H2,(H2,13,15);1-4H,(H2,9,11)(H2,10,12). The molecule has 8 N–H and O–H groups in total. The molecule has 12 heteroatoms. The highest BCUT2D eigenvalue weighted by Crippen LogP contribution is 2.14. The molecule has 2 saturated heterocycles. The number of carbonyl (C=O) groups is 6. The van der Waals surface area contributed by atoms with E-state index >= 15 is 0 Å². The Labute approximate surface area is 270 Å². The fourth-order valence-corrected chi connectivity index (χ4v) is 5.11. The molecule has 0 bridgehead atoms. The third kappa shape index (κ3) is 13.9. The van der Waals surface area contributed by atoms with E-state index < -0.39 is 17.7 Å². The lowest BCUT2D eigenvalue weighted by molar-refractivity contribution is -0.131. The van der Waals surface area contributed by atoms with Crippen molar-refractivity contribution in [3.8, 4) is 0 Å². The van der Waals surface area contributed by atoms with Crippen molar-refractivity contribution >= 4 is 35.4 Å². The number of nitrogens with two attached hydrogens (primary N) is 4. The number of unbranched alkanes of at least 4 members (excludes halogenated alkanes) is 1. The Morgan fingerprint density at radius 1 is 0.500 bits per heavy atom. The molecule has 2 aromatic rings. The number of carbonyl (C=O) groups excluding carboxylic acids is 6. The summed E-state index contributed by atoms with van der Waals surface area (Å²) in [6.45, 7) is 3.48. The Balaban J connectivity index is 0.000000245. The van der Waals surface area contributed by atoms with Crippen LogP contribution in [0.2, 0.25) is 0 Å². The van der Waals surface area contributed by atoms with E-state index in [1.54, 1.807) is 30.3 Å². The molecule has 12 nitrogen and oxygen atoms in total. The largest absolute Gasteiger partial charge is 0.370 e. The maximum absolute atomic E-state index is 12.2. The minimum atomic E-state index is -0.571. The van der Waals surface area contributed by atoms with Gasteiger partial charge in [0.1, 0.15) is 0 Å². The minimum absolute atomic E-state index is 0.0490. The van der Waals surface area contributed by atoms with Crippen LogP contribution >= 0.6 is 0 Å². The second-order valence-corrected chi connectivity index (χ2v) is 11.4.